The zero-order valence-corrected chi connectivity index (χ0v) is 17.2. The average Bonchev–Trinajstić information content (AvgIpc) is 2.73. The van der Waals surface area contributed by atoms with Crippen LogP contribution in [-0.4, -0.2) is 37.8 Å². The molecule has 0 aliphatic heterocycles. The van der Waals surface area contributed by atoms with Crippen LogP contribution in [-0.2, 0) is 12.8 Å². The van der Waals surface area contributed by atoms with E-state index in [2.05, 4.69) is 92.8 Å². The van der Waals surface area contributed by atoms with E-state index in [4.69, 9.17) is 4.74 Å². The van der Waals surface area contributed by atoms with Crippen molar-refractivity contribution in [2.45, 2.75) is 19.8 Å². The van der Waals surface area contributed by atoms with Gasteiger partial charge in [-0.15, -0.1) is 0 Å². The highest BCUT2D eigenvalue weighted by molar-refractivity contribution is 5.27. The number of hydrogen-bond donors (Lipinski definition) is 0. The molecule has 3 aromatic carbocycles. The number of nitrogens with zero attached hydrogens (tertiary/aromatic N) is 1. The highest BCUT2D eigenvalue weighted by Gasteiger charge is 2.21. The molecular weight excluding hydrogens is 342 g/mol. The van der Waals surface area contributed by atoms with Crippen LogP contribution in [0.5, 0.6) is 5.75 Å². The SMILES string of the molecule is Cc1cccc(OCC[N+](C)(CCc2ccccc2)CCc2ccccc2)c1. The van der Waals surface area contributed by atoms with Crippen LogP contribution in [0.25, 0.3) is 0 Å². The molecule has 0 radical (unpaired) electrons. The molecule has 0 aliphatic rings. The summed E-state index contributed by atoms with van der Waals surface area (Å²) in [6, 6.07) is 29.9. The van der Waals surface area contributed by atoms with Crippen molar-refractivity contribution in [3.05, 3.63) is 102 Å². The predicted molar refractivity (Wildman–Crippen MR) is 118 cm³/mol. The number of ether oxygens (including phenoxy) is 1. The van der Waals surface area contributed by atoms with Gasteiger partial charge in [-0.25, -0.2) is 0 Å². The highest BCUT2D eigenvalue weighted by Crippen LogP contribution is 2.14. The highest BCUT2D eigenvalue weighted by atomic mass is 16.5. The molecule has 0 amide bonds. The van der Waals surface area contributed by atoms with Crippen LogP contribution >= 0.6 is 0 Å². The van der Waals surface area contributed by atoms with Gasteiger partial charge in [0.25, 0.3) is 0 Å². The first kappa shape index (κ1) is 20.2. The molecule has 0 aromatic heterocycles. The quantitative estimate of drug-likeness (QED) is 0.437. The van der Waals surface area contributed by atoms with E-state index in [-0.39, 0.29) is 0 Å². The summed E-state index contributed by atoms with van der Waals surface area (Å²) in [7, 11) is 2.37. The molecule has 0 fully saturated rings. The van der Waals surface area contributed by atoms with Crippen LogP contribution in [0.15, 0.2) is 84.9 Å². The zero-order valence-electron chi connectivity index (χ0n) is 17.2. The Labute approximate surface area is 170 Å². The fourth-order valence-electron chi connectivity index (χ4n) is 3.51. The first-order valence-electron chi connectivity index (χ1n) is 10.2. The van der Waals surface area contributed by atoms with Gasteiger partial charge in [0.05, 0.1) is 20.1 Å². The molecule has 0 saturated heterocycles. The lowest BCUT2D eigenvalue weighted by atomic mass is 10.1. The summed E-state index contributed by atoms with van der Waals surface area (Å²) >= 11 is 0. The summed E-state index contributed by atoms with van der Waals surface area (Å²) in [4.78, 5) is 0. The van der Waals surface area contributed by atoms with Gasteiger partial charge in [-0.05, 0) is 35.7 Å². The second-order valence-electron chi connectivity index (χ2n) is 7.93. The van der Waals surface area contributed by atoms with Crippen LogP contribution in [0.2, 0.25) is 0 Å². The van der Waals surface area contributed by atoms with E-state index in [1.807, 2.05) is 6.07 Å². The summed E-state index contributed by atoms with van der Waals surface area (Å²) in [6.45, 7) is 6.09. The van der Waals surface area contributed by atoms with Crippen molar-refractivity contribution in [3.63, 3.8) is 0 Å². The molecule has 2 nitrogen and oxygen atoms in total. The molecule has 0 heterocycles. The number of rotatable bonds is 10. The van der Waals surface area contributed by atoms with E-state index in [0.29, 0.717) is 0 Å². The van der Waals surface area contributed by atoms with E-state index in [9.17, 15) is 0 Å². The second-order valence-corrected chi connectivity index (χ2v) is 7.93. The summed E-state index contributed by atoms with van der Waals surface area (Å²) in [6.07, 6.45) is 2.19. The zero-order chi connectivity index (χ0) is 19.7. The lowest BCUT2D eigenvalue weighted by Crippen LogP contribution is -2.49. The third-order valence-electron chi connectivity index (χ3n) is 5.46. The van der Waals surface area contributed by atoms with Gasteiger partial charge < -0.3 is 9.22 Å². The molecule has 0 saturated carbocycles. The lowest BCUT2D eigenvalue weighted by Gasteiger charge is -2.35. The number of aryl methyl sites for hydroxylation is 1. The second kappa shape index (κ2) is 10.1. The van der Waals surface area contributed by atoms with Gasteiger partial charge in [0.1, 0.15) is 18.9 Å². The standard InChI is InChI=1S/C26H32NO/c1-23-10-9-15-26(22-23)28-21-20-27(2,18-16-24-11-5-3-6-12-24)19-17-25-13-7-4-8-14-25/h3-15,22H,16-21H2,1-2H3/q+1. The van der Waals surface area contributed by atoms with Crippen molar-refractivity contribution in [1.29, 1.82) is 0 Å². The molecule has 28 heavy (non-hydrogen) atoms. The predicted octanol–water partition coefficient (Wildman–Crippen LogP) is 5.31. The fourth-order valence-corrected chi connectivity index (χ4v) is 3.51. The van der Waals surface area contributed by atoms with Gasteiger partial charge in [0.15, 0.2) is 0 Å². The van der Waals surface area contributed by atoms with Crippen molar-refractivity contribution in [3.8, 4) is 5.75 Å². The molecule has 3 aromatic rings. The average molecular weight is 375 g/mol. The fraction of sp³-hybridized carbons (Fsp3) is 0.308. The van der Waals surface area contributed by atoms with E-state index < -0.39 is 0 Å². The van der Waals surface area contributed by atoms with Crippen LogP contribution in [0.1, 0.15) is 16.7 Å². The summed E-state index contributed by atoms with van der Waals surface area (Å²) in [5, 5.41) is 0. The Morgan fingerprint density at radius 2 is 1.25 bits per heavy atom. The van der Waals surface area contributed by atoms with Crippen LogP contribution in [0, 0.1) is 6.92 Å². The molecule has 0 atom stereocenters. The minimum Gasteiger partial charge on any atom is -0.488 e. The van der Waals surface area contributed by atoms with Crippen molar-refractivity contribution < 1.29 is 9.22 Å². The van der Waals surface area contributed by atoms with E-state index in [1.165, 1.54) is 16.7 Å². The first-order chi connectivity index (χ1) is 13.6. The normalized spacial score (nSPS) is 11.4. The van der Waals surface area contributed by atoms with Crippen LogP contribution in [0.4, 0.5) is 0 Å². The van der Waals surface area contributed by atoms with Gasteiger partial charge in [-0.2, -0.15) is 0 Å². The van der Waals surface area contributed by atoms with Gasteiger partial charge >= 0.3 is 0 Å². The van der Waals surface area contributed by atoms with Gasteiger partial charge in [0, 0.05) is 12.8 Å². The van der Waals surface area contributed by atoms with Crippen molar-refractivity contribution >= 4 is 0 Å². The molecule has 0 unspecified atom stereocenters. The molecule has 0 bridgehead atoms. The van der Waals surface area contributed by atoms with E-state index >= 15 is 0 Å². The Morgan fingerprint density at radius 3 is 1.79 bits per heavy atom. The largest absolute Gasteiger partial charge is 0.488 e. The Hall–Kier alpha value is -2.58. The molecule has 0 N–H and O–H groups in total. The molecule has 3 rings (SSSR count). The summed E-state index contributed by atoms with van der Waals surface area (Å²) in [5.74, 6) is 0.970. The number of benzene rings is 3. The maximum atomic E-state index is 6.07. The Balaban J connectivity index is 1.60. The van der Waals surface area contributed by atoms with Crippen molar-refractivity contribution in [2.24, 2.45) is 0 Å². The Morgan fingerprint density at radius 1 is 0.679 bits per heavy atom. The van der Waals surface area contributed by atoms with E-state index in [0.717, 1.165) is 49.3 Å². The molecule has 0 spiro atoms. The topological polar surface area (TPSA) is 9.23 Å². The van der Waals surface area contributed by atoms with Crippen molar-refractivity contribution in [1.82, 2.24) is 0 Å². The lowest BCUT2D eigenvalue weighted by molar-refractivity contribution is -0.909. The molecule has 146 valence electrons. The first-order valence-corrected chi connectivity index (χ1v) is 10.2. The van der Waals surface area contributed by atoms with Gasteiger partial charge in [-0.3, -0.25) is 0 Å². The smallest absolute Gasteiger partial charge is 0.137 e. The Kier molecular flexibility index (Phi) is 7.27. The molecule has 2 heteroatoms. The van der Waals surface area contributed by atoms with Crippen LogP contribution in [0.3, 0.4) is 0 Å². The van der Waals surface area contributed by atoms with Crippen LogP contribution < -0.4 is 4.74 Å². The van der Waals surface area contributed by atoms with Crippen molar-refractivity contribution in [2.75, 3.05) is 33.3 Å². The number of hydrogen-bond acceptors (Lipinski definition) is 1. The summed E-state index contributed by atoms with van der Waals surface area (Å²) < 4.78 is 7.08. The number of quaternary nitrogens is 1. The maximum absolute atomic E-state index is 6.07. The van der Waals surface area contributed by atoms with E-state index in [1.54, 1.807) is 0 Å². The monoisotopic (exact) mass is 374 g/mol. The summed E-state index contributed by atoms with van der Waals surface area (Å²) in [5.41, 5.74) is 4.06. The third-order valence-corrected chi connectivity index (χ3v) is 5.46. The maximum Gasteiger partial charge on any atom is 0.137 e. The third kappa shape index (κ3) is 6.54. The number of likely N-dealkylation sites (N-methyl/N-ethyl adjacent to an activating group) is 1. The van der Waals surface area contributed by atoms with Gasteiger partial charge in [-0.1, -0.05) is 72.8 Å². The minimum atomic E-state index is 0.740. The Bertz CT molecular complexity index is 786. The minimum absolute atomic E-state index is 0.740. The molecular formula is C26H32NO+. The molecule has 0 aliphatic carbocycles. The van der Waals surface area contributed by atoms with Gasteiger partial charge in [0.2, 0.25) is 0 Å².